The average Bonchev–Trinajstić information content (AvgIpc) is 2.61. The van der Waals surface area contributed by atoms with Crippen molar-refractivity contribution in [2.24, 2.45) is 0 Å². The molecule has 0 amide bonds. The number of rotatable bonds is 3. The molecule has 3 nitrogen and oxygen atoms in total. The van der Waals surface area contributed by atoms with Crippen LogP contribution in [-0.4, -0.2) is 19.4 Å². The highest BCUT2D eigenvalue weighted by molar-refractivity contribution is 6.07. The van der Waals surface area contributed by atoms with Gasteiger partial charge in [-0.05, 0) is 28.7 Å². The summed E-state index contributed by atoms with van der Waals surface area (Å²) < 4.78 is 4.78. The van der Waals surface area contributed by atoms with Crippen molar-refractivity contribution in [1.29, 1.82) is 0 Å². The zero-order valence-corrected chi connectivity index (χ0v) is 11.3. The number of hydrogen-bond acceptors (Lipinski definition) is 3. The maximum atomic E-state index is 11.9. The molecule has 3 heteroatoms. The first-order chi connectivity index (χ1) is 9.08. The van der Waals surface area contributed by atoms with E-state index in [1.165, 1.54) is 7.11 Å². The summed E-state index contributed by atoms with van der Waals surface area (Å²) in [6, 6.07) is 9.54. The molecule has 0 bridgehead atoms. The van der Waals surface area contributed by atoms with Gasteiger partial charge in [-0.15, -0.1) is 0 Å². The van der Waals surface area contributed by atoms with Gasteiger partial charge in [0.1, 0.15) is 0 Å². The second-order valence-corrected chi connectivity index (χ2v) is 4.78. The first kappa shape index (κ1) is 13.3. The van der Waals surface area contributed by atoms with E-state index < -0.39 is 5.97 Å². The van der Waals surface area contributed by atoms with Crippen LogP contribution in [0.25, 0.3) is 11.1 Å². The molecule has 0 aromatic carbocycles. The monoisotopic (exact) mass is 256 g/mol. The van der Waals surface area contributed by atoms with E-state index in [2.05, 4.69) is 13.8 Å². The van der Waals surface area contributed by atoms with Gasteiger partial charge < -0.3 is 4.74 Å². The minimum Gasteiger partial charge on any atom is -0.465 e. The molecule has 0 unspecified atom stereocenters. The molecule has 0 N–H and O–H groups in total. The summed E-state index contributed by atoms with van der Waals surface area (Å²) in [7, 11) is 1.32. The van der Waals surface area contributed by atoms with Crippen molar-refractivity contribution < 1.29 is 14.3 Å². The van der Waals surface area contributed by atoms with Crippen LogP contribution in [0.4, 0.5) is 0 Å². The predicted molar refractivity (Wildman–Crippen MR) is 73.9 cm³/mol. The molecule has 2 aliphatic carbocycles. The Balaban J connectivity index is 2.75. The Labute approximate surface area is 112 Å². The highest BCUT2D eigenvalue weighted by Gasteiger charge is 2.22. The first-order valence-corrected chi connectivity index (χ1v) is 6.18. The zero-order chi connectivity index (χ0) is 14.0. The van der Waals surface area contributed by atoms with E-state index >= 15 is 0 Å². The Bertz CT molecular complexity index is 599. The molecule has 0 fully saturated rings. The van der Waals surface area contributed by atoms with Gasteiger partial charge in [0, 0.05) is 5.56 Å². The average molecular weight is 256 g/mol. The van der Waals surface area contributed by atoms with E-state index in [1.807, 2.05) is 24.3 Å². The van der Waals surface area contributed by atoms with Crippen LogP contribution >= 0.6 is 0 Å². The summed E-state index contributed by atoms with van der Waals surface area (Å²) >= 11 is 0. The molecule has 2 rings (SSSR count). The highest BCUT2D eigenvalue weighted by atomic mass is 16.5. The van der Waals surface area contributed by atoms with Crippen LogP contribution in [0.15, 0.2) is 30.3 Å². The Morgan fingerprint density at radius 2 is 2.00 bits per heavy atom. The van der Waals surface area contributed by atoms with E-state index in [0.717, 1.165) is 16.7 Å². The summed E-state index contributed by atoms with van der Waals surface area (Å²) in [6.45, 7) is 4.17. The lowest BCUT2D eigenvalue weighted by molar-refractivity contribution is 0.0600. The Hall–Kier alpha value is -2.16. The van der Waals surface area contributed by atoms with Crippen molar-refractivity contribution in [3.05, 3.63) is 47.0 Å². The topological polar surface area (TPSA) is 43.4 Å². The quantitative estimate of drug-likeness (QED) is 0.623. The van der Waals surface area contributed by atoms with Gasteiger partial charge in [0.2, 0.25) is 0 Å². The lowest BCUT2D eigenvalue weighted by Gasteiger charge is -2.04. The largest absolute Gasteiger partial charge is 0.465 e. The van der Waals surface area contributed by atoms with E-state index in [-0.39, 0.29) is 0 Å². The van der Waals surface area contributed by atoms with E-state index in [0.29, 0.717) is 23.3 Å². The lowest BCUT2D eigenvalue weighted by Crippen LogP contribution is -2.03. The van der Waals surface area contributed by atoms with Gasteiger partial charge in [-0.3, -0.25) is 4.79 Å². The molecular weight excluding hydrogens is 240 g/mol. The minimum atomic E-state index is -0.474. The molecule has 0 spiro atoms. The number of hydrogen-bond donors (Lipinski definition) is 0. The standard InChI is InChI=1S/C16H16O3/c1-10(2)11-5-4-6-12-7-13(9-17)15(14(12)8-11)16(18)19-3/h4-10H,1-3H3. The molecule has 98 valence electrons. The Kier molecular flexibility index (Phi) is 3.65. The fraction of sp³-hybridized carbons (Fsp3) is 0.250. The molecule has 0 aromatic rings. The third-order valence-corrected chi connectivity index (χ3v) is 3.24. The highest BCUT2D eigenvalue weighted by Crippen LogP contribution is 2.33. The van der Waals surface area contributed by atoms with Gasteiger partial charge in [-0.2, -0.15) is 0 Å². The number of methoxy groups -OCH3 is 1. The van der Waals surface area contributed by atoms with E-state index in [9.17, 15) is 9.59 Å². The maximum absolute atomic E-state index is 11.9. The molecule has 0 saturated carbocycles. The SMILES string of the molecule is COC(=O)c1c(C=O)cc2cccc(C(C)C)cc1-2. The molecule has 0 atom stereocenters. The lowest BCUT2D eigenvalue weighted by atomic mass is 10.0. The normalized spacial score (nSPS) is 10.7. The van der Waals surface area contributed by atoms with Crippen molar-refractivity contribution >= 4 is 12.3 Å². The van der Waals surface area contributed by atoms with Gasteiger partial charge >= 0.3 is 5.97 Å². The van der Waals surface area contributed by atoms with Gasteiger partial charge in [-0.1, -0.05) is 38.1 Å². The molecule has 0 saturated heterocycles. The summed E-state index contributed by atoms with van der Waals surface area (Å²) in [4.78, 5) is 23.0. The summed E-state index contributed by atoms with van der Waals surface area (Å²) in [5.74, 6) is -0.131. The molecular formula is C16H16O3. The van der Waals surface area contributed by atoms with Crippen LogP contribution in [0.1, 0.15) is 46.0 Å². The van der Waals surface area contributed by atoms with Gasteiger partial charge in [0.25, 0.3) is 0 Å². The van der Waals surface area contributed by atoms with E-state index in [4.69, 9.17) is 4.74 Å². The summed E-state index contributed by atoms with van der Waals surface area (Å²) in [5, 5.41) is 0. The minimum absolute atomic E-state index is 0.343. The van der Waals surface area contributed by atoms with Crippen LogP contribution in [0.5, 0.6) is 0 Å². The van der Waals surface area contributed by atoms with E-state index in [1.54, 1.807) is 6.07 Å². The third kappa shape index (κ3) is 2.36. The fourth-order valence-electron chi connectivity index (χ4n) is 2.17. The van der Waals surface area contributed by atoms with Gasteiger partial charge in [-0.25, -0.2) is 4.79 Å². The van der Waals surface area contributed by atoms with Crippen molar-refractivity contribution in [2.45, 2.75) is 19.8 Å². The first-order valence-electron chi connectivity index (χ1n) is 6.18. The van der Waals surface area contributed by atoms with Crippen LogP contribution < -0.4 is 0 Å². The van der Waals surface area contributed by atoms with Gasteiger partial charge in [0.05, 0.1) is 12.7 Å². The molecule has 2 aliphatic rings. The number of aldehydes is 1. The van der Waals surface area contributed by atoms with Crippen LogP contribution in [0, 0.1) is 0 Å². The van der Waals surface area contributed by atoms with Crippen LogP contribution in [0.2, 0.25) is 0 Å². The number of carbonyl (C=O) groups is 2. The smallest absolute Gasteiger partial charge is 0.339 e. The Morgan fingerprint density at radius 3 is 2.58 bits per heavy atom. The maximum Gasteiger partial charge on any atom is 0.339 e. The molecule has 0 aromatic heterocycles. The second kappa shape index (κ2) is 5.22. The summed E-state index contributed by atoms with van der Waals surface area (Å²) in [6.07, 6.45) is 0.696. The molecule has 0 heterocycles. The van der Waals surface area contributed by atoms with Crippen LogP contribution in [0.3, 0.4) is 0 Å². The number of carbonyl (C=O) groups excluding carboxylic acids is 2. The number of esters is 1. The van der Waals surface area contributed by atoms with Gasteiger partial charge in [0.15, 0.2) is 6.29 Å². The molecule has 0 aliphatic heterocycles. The van der Waals surface area contributed by atoms with Crippen molar-refractivity contribution in [3.63, 3.8) is 0 Å². The predicted octanol–water partition coefficient (Wildman–Crippen LogP) is 3.51. The van der Waals surface area contributed by atoms with Crippen molar-refractivity contribution in [1.82, 2.24) is 0 Å². The van der Waals surface area contributed by atoms with Crippen molar-refractivity contribution in [2.75, 3.05) is 7.11 Å². The number of ether oxygens (including phenoxy) is 1. The molecule has 19 heavy (non-hydrogen) atoms. The zero-order valence-electron chi connectivity index (χ0n) is 11.3. The Morgan fingerprint density at radius 1 is 1.26 bits per heavy atom. The number of fused-ring (bicyclic) bond motifs is 1. The van der Waals surface area contributed by atoms with Crippen molar-refractivity contribution in [3.8, 4) is 11.1 Å². The second-order valence-electron chi connectivity index (χ2n) is 4.78. The third-order valence-electron chi connectivity index (χ3n) is 3.24. The summed E-state index contributed by atoms with van der Waals surface area (Å²) in [5.41, 5.74) is 3.48. The molecule has 0 radical (unpaired) electrons. The van der Waals surface area contributed by atoms with Crippen LogP contribution in [-0.2, 0) is 4.74 Å². The fourth-order valence-corrected chi connectivity index (χ4v) is 2.17.